The molecule has 140 valence electrons. The van der Waals surface area contributed by atoms with E-state index in [2.05, 4.69) is 22.9 Å². The lowest BCUT2D eigenvalue weighted by molar-refractivity contribution is -0.119. The van der Waals surface area contributed by atoms with Crippen molar-refractivity contribution >= 4 is 40.2 Å². The molecule has 1 amide bonds. The second-order valence-electron chi connectivity index (χ2n) is 6.69. The predicted octanol–water partition coefficient (Wildman–Crippen LogP) is 3.14. The number of halogens is 1. The number of nitrogens with one attached hydrogen (secondary N) is 1. The summed E-state index contributed by atoms with van der Waals surface area (Å²) < 4.78 is 1.47. The summed E-state index contributed by atoms with van der Waals surface area (Å²) in [6.45, 7) is 5.70. The number of benzene rings is 1. The van der Waals surface area contributed by atoms with Crippen LogP contribution in [0.4, 0.5) is 0 Å². The van der Waals surface area contributed by atoms with Crippen molar-refractivity contribution in [2.75, 3.05) is 5.75 Å². The summed E-state index contributed by atoms with van der Waals surface area (Å²) in [5, 5.41) is 13.5. The number of allylic oxidation sites excluding steroid dienone is 1. The van der Waals surface area contributed by atoms with E-state index >= 15 is 0 Å². The van der Waals surface area contributed by atoms with E-state index in [1.54, 1.807) is 31.2 Å². The van der Waals surface area contributed by atoms with Crippen LogP contribution in [0.1, 0.15) is 19.8 Å². The topological polar surface area (TPSA) is 87.8 Å². The highest BCUT2D eigenvalue weighted by molar-refractivity contribution is 7.99. The van der Waals surface area contributed by atoms with E-state index < -0.39 is 5.54 Å². The zero-order valence-corrected chi connectivity index (χ0v) is 16.4. The van der Waals surface area contributed by atoms with E-state index in [4.69, 9.17) is 11.6 Å². The van der Waals surface area contributed by atoms with E-state index in [9.17, 15) is 14.9 Å². The molecule has 1 heterocycles. The lowest BCUT2D eigenvalue weighted by Gasteiger charge is -2.22. The summed E-state index contributed by atoms with van der Waals surface area (Å²) in [7, 11) is 0. The molecule has 2 aromatic rings. The molecule has 0 bridgehead atoms. The van der Waals surface area contributed by atoms with Crippen LogP contribution >= 0.6 is 23.4 Å². The number of hydrogen-bond donors (Lipinski definition) is 1. The van der Waals surface area contributed by atoms with Crippen LogP contribution in [0.3, 0.4) is 0 Å². The first-order chi connectivity index (χ1) is 12.9. The van der Waals surface area contributed by atoms with Gasteiger partial charge in [0.15, 0.2) is 5.16 Å². The summed E-state index contributed by atoms with van der Waals surface area (Å²) in [6.07, 6.45) is 3.50. The molecule has 0 radical (unpaired) electrons. The lowest BCUT2D eigenvalue weighted by Crippen LogP contribution is -2.47. The molecule has 1 atom stereocenters. The number of rotatable bonds is 7. The van der Waals surface area contributed by atoms with Crippen LogP contribution < -0.4 is 10.9 Å². The highest BCUT2D eigenvalue weighted by Crippen LogP contribution is 2.39. The van der Waals surface area contributed by atoms with Crippen LogP contribution in [-0.4, -0.2) is 26.8 Å². The Kier molecular flexibility index (Phi) is 5.59. The van der Waals surface area contributed by atoms with Crippen molar-refractivity contribution < 1.29 is 4.79 Å². The molecule has 1 aliphatic carbocycles. The van der Waals surface area contributed by atoms with E-state index in [1.807, 2.05) is 0 Å². The third-order valence-electron chi connectivity index (χ3n) is 4.55. The van der Waals surface area contributed by atoms with Gasteiger partial charge in [-0.15, -0.1) is 6.58 Å². The van der Waals surface area contributed by atoms with Crippen molar-refractivity contribution in [2.24, 2.45) is 5.92 Å². The Morgan fingerprint density at radius 3 is 2.96 bits per heavy atom. The molecule has 27 heavy (non-hydrogen) atoms. The van der Waals surface area contributed by atoms with E-state index in [0.29, 0.717) is 21.1 Å². The number of nitriles is 1. The predicted molar refractivity (Wildman–Crippen MR) is 107 cm³/mol. The fourth-order valence-corrected chi connectivity index (χ4v) is 3.89. The van der Waals surface area contributed by atoms with Crippen molar-refractivity contribution in [1.82, 2.24) is 14.9 Å². The zero-order chi connectivity index (χ0) is 19.6. The summed E-state index contributed by atoms with van der Waals surface area (Å²) >= 11 is 7.15. The Bertz CT molecular complexity index is 1010. The first-order valence-corrected chi connectivity index (χ1v) is 9.90. The third-order valence-corrected chi connectivity index (χ3v) is 5.76. The molecule has 0 spiro atoms. The largest absolute Gasteiger partial charge is 0.337 e. The number of thioether (sulfide) groups is 1. The van der Waals surface area contributed by atoms with Crippen LogP contribution in [0.2, 0.25) is 5.02 Å². The normalized spacial score (nSPS) is 15.7. The highest BCUT2D eigenvalue weighted by Gasteiger charge is 2.42. The van der Waals surface area contributed by atoms with Crippen molar-refractivity contribution in [2.45, 2.75) is 37.0 Å². The first kappa shape index (κ1) is 19.5. The van der Waals surface area contributed by atoms with Gasteiger partial charge in [-0.05, 0) is 43.9 Å². The monoisotopic (exact) mass is 402 g/mol. The fourth-order valence-electron chi connectivity index (χ4n) is 2.91. The molecule has 1 N–H and O–H groups in total. The third kappa shape index (κ3) is 4.18. The van der Waals surface area contributed by atoms with Gasteiger partial charge in [0.1, 0.15) is 5.54 Å². The number of aromatic nitrogens is 2. The van der Waals surface area contributed by atoms with Gasteiger partial charge in [0.25, 0.3) is 5.56 Å². The first-order valence-electron chi connectivity index (χ1n) is 8.54. The van der Waals surface area contributed by atoms with Gasteiger partial charge in [-0.2, -0.15) is 5.26 Å². The molecule has 1 aliphatic rings. The number of carbonyl (C=O) groups is 1. The Morgan fingerprint density at radius 1 is 1.59 bits per heavy atom. The number of amides is 1. The summed E-state index contributed by atoms with van der Waals surface area (Å²) in [5.41, 5.74) is -0.552. The molecule has 1 aromatic heterocycles. The quantitative estimate of drug-likeness (QED) is 0.436. The summed E-state index contributed by atoms with van der Waals surface area (Å²) in [5.74, 6) is 0.0117. The molecule has 0 saturated heterocycles. The average molecular weight is 403 g/mol. The van der Waals surface area contributed by atoms with Crippen molar-refractivity contribution in [3.05, 3.63) is 46.2 Å². The van der Waals surface area contributed by atoms with E-state index in [0.717, 1.165) is 24.6 Å². The van der Waals surface area contributed by atoms with Gasteiger partial charge >= 0.3 is 0 Å². The highest BCUT2D eigenvalue weighted by atomic mass is 35.5. The second kappa shape index (κ2) is 7.75. The molecule has 0 unspecified atom stereocenters. The van der Waals surface area contributed by atoms with Crippen LogP contribution in [-0.2, 0) is 11.3 Å². The van der Waals surface area contributed by atoms with Crippen LogP contribution in [0.5, 0.6) is 0 Å². The van der Waals surface area contributed by atoms with Crippen molar-refractivity contribution in [1.29, 1.82) is 5.26 Å². The molecule has 1 saturated carbocycles. The smallest absolute Gasteiger partial charge is 0.262 e. The molecular weight excluding hydrogens is 384 g/mol. The maximum atomic E-state index is 12.8. The van der Waals surface area contributed by atoms with Gasteiger partial charge in [0.2, 0.25) is 5.91 Å². The standard InChI is InChI=1S/C19H19ClN4O2S/c1-3-8-24-17(26)14-9-13(20)6-7-15(14)22-18(24)27-10-16(25)23-19(2,11-21)12-4-5-12/h3,6-7,9,12H,1,4-5,8,10H2,2H3,(H,23,25)/t19-/m0/s1. The SMILES string of the molecule is C=CCn1c(SCC(=O)N[C@@](C)(C#N)C2CC2)nc2ccc(Cl)cc2c1=O. The molecular formula is C19H19ClN4O2S. The second-order valence-corrected chi connectivity index (χ2v) is 8.06. The minimum atomic E-state index is -0.841. The maximum Gasteiger partial charge on any atom is 0.262 e. The van der Waals surface area contributed by atoms with Gasteiger partial charge < -0.3 is 5.32 Å². The molecule has 1 aromatic carbocycles. The Balaban J connectivity index is 1.83. The van der Waals surface area contributed by atoms with Crippen LogP contribution in [0.15, 0.2) is 40.8 Å². The molecule has 8 heteroatoms. The molecule has 0 aliphatic heterocycles. The Hall–Kier alpha value is -2.30. The number of nitrogens with zero attached hydrogens (tertiary/aromatic N) is 3. The molecule has 3 rings (SSSR count). The fraction of sp³-hybridized carbons (Fsp3) is 0.368. The summed E-state index contributed by atoms with van der Waals surface area (Å²) in [4.78, 5) is 29.6. The molecule has 1 fully saturated rings. The zero-order valence-electron chi connectivity index (χ0n) is 14.9. The van der Waals surface area contributed by atoms with E-state index in [1.165, 1.54) is 4.57 Å². The number of fused-ring (bicyclic) bond motifs is 1. The Morgan fingerprint density at radius 2 is 2.33 bits per heavy atom. The van der Waals surface area contributed by atoms with Gasteiger partial charge in [-0.3, -0.25) is 14.2 Å². The number of carbonyl (C=O) groups excluding carboxylic acids is 1. The van der Waals surface area contributed by atoms with E-state index in [-0.39, 0.29) is 29.7 Å². The average Bonchev–Trinajstić information content (AvgIpc) is 3.49. The minimum Gasteiger partial charge on any atom is -0.337 e. The maximum absolute atomic E-state index is 12.8. The Labute approximate surface area is 166 Å². The lowest BCUT2D eigenvalue weighted by atomic mass is 9.98. The van der Waals surface area contributed by atoms with Crippen LogP contribution in [0.25, 0.3) is 10.9 Å². The minimum absolute atomic E-state index is 0.0622. The molecule has 6 nitrogen and oxygen atoms in total. The summed E-state index contributed by atoms with van der Waals surface area (Å²) in [6, 6.07) is 7.14. The number of hydrogen-bond acceptors (Lipinski definition) is 5. The van der Waals surface area contributed by atoms with Gasteiger partial charge in [-0.25, -0.2) is 4.98 Å². The van der Waals surface area contributed by atoms with Crippen molar-refractivity contribution in [3.63, 3.8) is 0 Å². The van der Waals surface area contributed by atoms with Gasteiger partial charge in [-0.1, -0.05) is 29.4 Å². The van der Waals surface area contributed by atoms with Crippen LogP contribution in [0, 0.1) is 17.2 Å². The van der Waals surface area contributed by atoms with Gasteiger partial charge in [0.05, 0.1) is 22.7 Å². The van der Waals surface area contributed by atoms with Crippen molar-refractivity contribution in [3.8, 4) is 6.07 Å². The van der Waals surface area contributed by atoms with Gasteiger partial charge in [0, 0.05) is 11.6 Å².